The SMILES string of the molecule is CNC(=O)[C@@H]1CCCC[C@H]1N[C@H](C)c1nc2ccccc2n1C. The van der Waals surface area contributed by atoms with E-state index < -0.39 is 0 Å². The number of para-hydroxylation sites is 2. The summed E-state index contributed by atoms with van der Waals surface area (Å²) in [6.07, 6.45) is 4.33. The van der Waals surface area contributed by atoms with Crippen LogP contribution < -0.4 is 10.6 Å². The zero-order valence-corrected chi connectivity index (χ0v) is 14.2. The van der Waals surface area contributed by atoms with Gasteiger partial charge >= 0.3 is 0 Å². The normalized spacial score (nSPS) is 22.9. The van der Waals surface area contributed by atoms with Gasteiger partial charge in [-0.15, -0.1) is 0 Å². The topological polar surface area (TPSA) is 59.0 Å². The highest BCUT2D eigenvalue weighted by Crippen LogP contribution is 2.27. The van der Waals surface area contributed by atoms with E-state index in [2.05, 4.69) is 35.2 Å². The zero-order chi connectivity index (χ0) is 16.4. The lowest BCUT2D eigenvalue weighted by Crippen LogP contribution is -2.46. The van der Waals surface area contributed by atoms with Gasteiger partial charge in [-0.25, -0.2) is 4.98 Å². The molecule has 23 heavy (non-hydrogen) atoms. The number of amides is 1. The van der Waals surface area contributed by atoms with E-state index in [0.29, 0.717) is 0 Å². The highest BCUT2D eigenvalue weighted by Gasteiger charge is 2.31. The average molecular weight is 314 g/mol. The van der Waals surface area contributed by atoms with Crippen molar-refractivity contribution in [2.75, 3.05) is 7.05 Å². The number of imidazole rings is 1. The van der Waals surface area contributed by atoms with Gasteiger partial charge in [0, 0.05) is 20.1 Å². The molecule has 1 aromatic heterocycles. The standard InChI is InChI=1S/C18H26N4O/c1-12(17-21-15-10-6-7-11-16(15)22(17)3)20-14-9-5-4-8-13(14)18(23)19-2/h6-7,10-14,20H,4-5,8-9H2,1-3H3,(H,19,23)/t12-,13-,14-/m1/s1. The van der Waals surface area contributed by atoms with Gasteiger partial charge in [0.05, 0.1) is 23.0 Å². The molecule has 0 bridgehead atoms. The number of rotatable bonds is 4. The fourth-order valence-electron chi connectivity index (χ4n) is 3.78. The molecule has 124 valence electrons. The molecule has 0 spiro atoms. The van der Waals surface area contributed by atoms with Gasteiger partial charge in [-0.2, -0.15) is 0 Å². The third-order valence-electron chi connectivity index (χ3n) is 5.02. The fraction of sp³-hybridized carbons (Fsp3) is 0.556. The van der Waals surface area contributed by atoms with Gasteiger partial charge in [0.25, 0.3) is 0 Å². The maximum atomic E-state index is 12.1. The molecule has 1 aliphatic carbocycles. The Balaban J connectivity index is 1.80. The van der Waals surface area contributed by atoms with Crippen LogP contribution in [-0.2, 0) is 11.8 Å². The number of aryl methyl sites for hydroxylation is 1. The number of benzene rings is 1. The van der Waals surface area contributed by atoms with E-state index in [1.165, 1.54) is 6.42 Å². The van der Waals surface area contributed by atoms with Crippen LogP contribution in [0.15, 0.2) is 24.3 Å². The summed E-state index contributed by atoms with van der Waals surface area (Å²) in [5, 5.41) is 6.47. The molecule has 5 nitrogen and oxygen atoms in total. The Morgan fingerprint density at radius 3 is 2.78 bits per heavy atom. The summed E-state index contributed by atoms with van der Waals surface area (Å²) < 4.78 is 2.14. The van der Waals surface area contributed by atoms with Crippen molar-refractivity contribution in [2.24, 2.45) is 13.0 Å². The summed E-state index contributed by atoms with van der Waals surface area (Å²) in [4.78, 5) is 16.9. The van der Waals surface area contributed by atoms with Crippen molar-refractivity contribution in [3.05, 3.63) is 30.1 Å². The Bertz CT molecular complexity index is 693. The molecule has 1 heterocycles. The van der Waals surface area contributed by atoms with Crippen LogP contribution >= 0.6 is 0 Å². The van der Waals surface area contributed by atoms with Gasteiger partial charge in [0.15, 0.2) is 0 Å². The number of carbonyl (C=O) groups is 1. The van der Waals surface area contributed by atoms with Crippen LogP contribution in [0.4, 0.5) is 0 Å². The third kappa shape index (κ3) is 3.11. The van der Waals surface area contributed by atoms with Crippen molar-refractivity contribution < 1.29 is 4.79 Å². The van der Waals surface area contributed by atoms with Crippen molar-refractivity contribution in [2.45, 2.75) is 44.7 Å². The van der Waals surface area contributed by atoms with Crippen molar-refractivity contribution in [3.63, 3.8) is 0 Å². The minimum atomic E-state index is 0.0610. The van der Waals surface area contributed by atoms with Crippen LogP contribution in [0.5, 0.6) is 0 Å². The molecule has 3 rings (SSSR count). The van der Waals surface area contributed by atoms with Gasteiger partial charge < -0.3 is 15.2 Å². The molecular weight excluding hydrogens is 288 g/mol. The summed E-state index contributed by atoms with van der Waals surface area (Å²) in [7, 11) is 3.78. The maximum absolute atomic E-state index is 12.1. The molecule has 2 N–H and O–H groups in total. The van der Waals surface area contributed by atoms with Gasteiger partial charge in [0.2, 0.25) is 5.91 Å². The Hall–Kier alpha value is -1.88. The van der Waals surface area contributed by atoms with Crippen molar-refractivity contribution in [1.29, 1.82) is 0 Å². The molecule has 2 aromatic rings. The van der Waals surface area contributed by atoms with Crippen LogP contribution in [-0.4, -0.2) is 28.5 Å². The lowest BCUT2D eigenvalue weighted by atomic mass is 9.83. The first-order valence-electron chi connectivity index (χ1n) is 8.50. The molecular formula is C18H26N4O. The first-order valence-corrected chi connectivity index (χ1v) is 8.50. The second-order valence-corrected chi connectivity index (χ2v) is 6.52. The predicted octanol–water partition coefficient (Wildman–Crippen LogP) is 2.53. The molecule has 0 unspecified atom stereocenters. The highest BCUT2D eigenvalue weighted by molar-refractivity contribution is 5.79. The number of fused-ring (bicyclic) bond motifs is 1. The fourth-order valence-corrected chi connectivity index (χ4v) is 3.78. The van der Waals surface area contributed by atoms with Crippen LogP contribution in [0.3, 0.4) is 0 Å². The third-order valence-corrected chi connectivity index (χ3v) is 5.02. The van der Waals surface area contributed by atoms with Crippen LogP contribution in [0.2, 0.25) is 0 Å². The van der Waals surface area contributed by atoms with Crippen molar-refractivity contribution >= 4 is 16.9 Å². The van der Waals surface area contributed by atoms with Gasteiger partial charge in [-0.1, -0.05) is 25.0 Å². The summed E-state index contributed by atoms with van der Waals surface area (Å²) in [5.41, 5.74) is 2.16. The number of nitrogens with one attached hydrogen (secondary N) is 2. The maximum Gasteiger partial charge on any atom is 0.224 e. The molecule has 3 atom stereocenters. The monoisotopic (exact) mass is 314 g/mol. The molecule has 1 aliphatic rings. The molecule has 1 fully saturated rings. The summed E-state index contributed by atoms with van der Waals surface area (Å²) in [5.74, 6) is 1.23. The van der Waals surface area contributed by atoms with E-state index in [-0.39, 0.29) is 23.9 Å². The Labute approximate surface area is 137 Å². The second-order valence-electron chi connectivity index (χ2n) is 6.52. The minimum absolute atomic E-state index is 0.0610. The molecule has 0 saturated heterocycles. The molecule has 1 aromatic carbocycles. The van der Waals surface area contributed by atoms with Gasteiger partial charge in [-0.05, 0) is 31.9 Å². The molecule has 5 heteroatoms. The van der Waals surface area contributed by atoms with E-state index in [9.17, 15) is 4.79 Å². The summed E-state index contributed by atoms with van der Waals surface area (Å²) >= 11 is 0. The van der Waals surface area contributed by atoms with Gasteiger partial charge in [-0.3, -0.25) is 4.79 Å². The zero-order valence-electron chi connectivity index (χ0n) is 14.2. The number of hydrogen-bond donors (Lipinski definition) is 2. The van der Waals surface area contributed by atoms with Crippen LogP contribution in [0.25, 0.3) is 11.0 Å². The number of aromatic nitrogens is 2. The molecule has 1 saturated carbocycles. The highest BCUT2D eigenvalue weighted by atomic mass is 16.1. The van der Waals surface area contributed by atoms with Gasteiger partial charge in [0.1, 0.15) is 5.82 Å². The predicted molar refractivity (Wildman–Crippen MR) is 92.1 cm³/mol. The first-order chi connectivity index (χ1) is 11.1. The van der Waals surface area contributed by atoms with E-state index in [0.717, 1.165) is 36.1 Å². The van der Waals surface area contributed by atoms with Crippen LogP contribution in [0.1, 0.15) is 44.5 Å². The van der Waals surface area contributed by atoms with E-state index in [1.54, 1.807) is 7.05 Å². The van der Waals surface area contributed by atoms with E-state index in [4.69, 9.17) is 4.98 Å². The van der Waals surface area contributed by atoms with E-state index in [1.807, 2.05) is 18.2 Å². The molecule has 0 aliphatic heterocycles. The number of nitrogens with zero attached hydrogens (tertiary/aromatic N) is 2. The second kappa shape index (κ2) is 6.71. The van der Waals surface area contributed by atoms with Crippen LogP contribution in [0, 0.1) is 5.92 Å². The Morgan fingerprint density at radius 1 is 1.30 bits per heavy atom. The Kier molecular flexibility index (Phi) is 4.66. The number of carbonyl (C=O) groups excluding carboxylic acids is 1. The quantitative estimate of drug-likeness (QED) is 0.912. The Morgan fingerprint density at radius 2 is 2.04 bits per heavy atom. The average Bonchev–Trinajstić information content (AvgIpc) is 2.92. The van der Waals surface area contributed by atoms with E-state index >= 15 is 0 Å². The lowest BCUT2D eigenvalue weighted by molar-refractivity contribution is -0.126. The molecule has 1 amide bonds. The number of hydrogen-bond acceptors (Lipinski definition) is 3. The summed E-state index contributed by atoms with van der Waals surface area (Å²) in [6, 6.07) is 8.52. The van der Waals surface area contributed by atoms with Crippen molar-refractivity contribution in [3.8, 4) is 0 Å². The molecule has 0 radical (unpaired) electrons. The summed E-state index contributed by atoms with van der Waals surface area (Å²) in [6.45, 7) is 2.14. The van der Waals surface area contributed by atoms with Crippen molar-refractivity contribution in [1.82, 2.24) is 20.2 Å². The first kappa shape index (κ1) is 16.0. The smallest absolute Gasteiger partial charge is 0.224 e. The minimum Gasteiger partial charge on any atom is -0.359 e. The lowest BCUT2D eigenvalue weighted by Gasteiger charge is -2.33. The largest absolute Gasteiger partial charge is 0.359 e.